The van der Waals surface area contributed by atoms with E-state index in [1.165, 1.54) is 43.8 Å². The van der Waals surface area contributed by atoms with Crippen molar-refractivity contribution in [2.24, 2.45) is 0 Å². The van der Waals surface area contributed by atoms with Gasteiger partial charge in [0.1, 0.15) is 0 Å². The first-order valence-corrected chi connectivity index (χ1v) is 6.93. The fourth-order valence-corrected chi connectivity index (χ4v) is 1.71. The van der Waals surface area contributed by atoms with Crippen LogP contribution in [0.5, 0.6) is 0 Å². The van der Waals surface area contributed by atoms with Crippen LogP contribution in [0.4, 0.5) is 5.69 Å². The molecule has 0 saturated carbocycles. The summed E-state index contributed by atoms with van der Waals surface area (Å²) < 4.78 is 9.43. The molecule has 0 saturated heterocycles. The van der Waals surface area contributed by atoms with Crippen LogP contribution < -0.4 is 5.32 Å². The molecule has 1 aromatic carbocycles. The van der Waals surface area contributed by atoms with E-state index in [9.17, 15) is 14.4 Å². The lowest BCUT2D eigenvalue weighted by Crippen LogP contribution is -2.21. The van der Waals surface area contributed by atoms with Gasteiger partial charge in [0.15, 0.2) is 12.3 Å². The lowest BCUT2D eigenvalue weighted by Gasteiger charge is -2.07. The summed E-state index contributed by atoms with van der Waals surface area (Å²) >= 11 is 0. The van der Waals surface area contributed by atoms with E-state index < -0.39 is 24.5 Å². The van der Waals surface area contributed by atoms with Gasteiger partial charge in [-0.05, 0) is 31.2 Å². The van der Waals surface area contributed by atoms with Crippen LogP contribution in [-0.2, 0) is 14.3 Å². The molecule has 1 N–H and O–H groups in total. The van der Waals surface area contributed by atoms with Crippen molar-refractivity contribution in [3.63, 3.8) is 0 Å². The lowest BCUT2D eigenvalue weighted by molar-refractivity contribution is -0.119. The van der Waals surface area contributed by atoms with Gasteiger partial charge in [-0.2, -0.15) is 0 Å². The van der Waals surface area contributed by atoms with Crippen LogP contribution in [0.15, 0.2) is 36.7 Å². The van der Waals surface area contributed by atoms with Crippen molar-refractivity contribution in [3.05, 3.63) is 53.6 Å². The van der Waals surface area contributed by atoms with E-state index in [0.29, 0.717) is 16.9 Å². The summed E-state index contributed by atoms with van der Waals surface area (Å²) in [6, 6.07) is 6.10. The molecule has 8 heteroatoms. The molecule has 0 atom stereocenters. The zero-order valence-corrected chi connectivity index (χ0v) is 13.1. The monoisotopic (exact) mass is 329 g/mol. The van der Waals surface area contributed by atoms with Gasteiger partial charge in [-0.1, -0.05) is 0 Å². The number of rotatable bonds is 5. The van der Waals surface area contributed by atoms with Crippen LogP contribution in [0.25, 0.3) is 0 Å². The molecule has 0 unspecified atom stereocenters. The molecule has 1 heterocycles. The molecule has 0 radical (unpaired) electrons. The molecule has 0 bridgehead atoms. The van der Waals surface area contributed by atoms with E-state index in [0.717, 1.165) is 0 Å². The van der Waals surface area contributed by atoms with Crippen LogP contribution >= 0.6 is 0 Å². The number of benzene rings is 1. The largest absolute Gasteiger partial charge is 0.465 e. The van der Waals surface area contributed by atoms with Gasteiger partial charge in [0.2, 0.25) is 0 Å². The highest BCUT2D eigenvalue weighted by molar-refractivity contribution is 5.95. The average Bonchev–Trinajstić information content (AvgIpc) is 2.60. The summed E-state index contributed by atoms with van der Waals surface area (Å²) in [5.41, 5.74) is 1.51. The number of carbonyl (C=O) groups excluding carboxylic acids is 3. The SMILES string of the molecule is COC(=O)c1ccc(NC(=O)COC(=O)c2cnc(C)cn2)cc1. The number of aromatic nitrogens is 2. The van der Waals surface area contributed by atoms with Gasteiger partial charge in [0, 0.05) is 11.9 Å². The second-order valence-electron chi connectivity index (χ2n) is 4.74. The van der Waals surface area contributed by atoms with Gasteiger partial charge in [-0.15, -0.1) is 0 Å². The molecular formula is C16H15N3O5. The highest BCUT2D eigenvalue weighted by Gasteiger charge is 2.12. The third kappa shape index (κ3) is 4.60. The number of esters is 2. The van der Waals surface area contributed by atoms with Crippen molar-refractivity contribution >= 4 is 23.5 Å². The number of aryl methyl sites for hydroxylation is 1. The molecular weight excluding hydrogens is 314 g/mol. The Morgan fingerprint density at radius 3 is 2.33 bits per heavy atom. The molecule has 0 aliphatic heterocycles. The van der Waals surface area contributed by atoms with Gasteiger partial charge in [-0.3, -0.25) is 9.78 Å². The Hall–Kier alpha value is -3.29. The number of carbonyl (C=O) groups is 3. The van der Waals surface area contributed by atoms with Crippen molar-refractivity contribution in [2.45, 2.75) is 6.92 Å². The van der Waals surface area contributed by atoms with Crippen molar-refractivity contribution in [2.75, 3.05) is 19.0 Å². The topological polar surface area (TPSA) is 107 Å². The lowest BCUT2D eigenvalue weighted by atomic mass is 10.2. The number of methoxy groups -OCH3 is 1. The molecule has 0 spiro atoms. The second-order valence-corrected chi connectivity index (χ2v) is 4.74. The standard InChI is InChI=1S/C16H15N3O5/c1-10-7-18-13(8-17-10)16(22)24-9-14(20)19-12-5-3-11(4-6-12)15(21)23-2/h3-8H,9H2,1-2H3,(H,19,20). The van der Waals surface area contributed by atoms with Gasteiger partial charge in [0.05, 0.1) is 24.6 Å². The van der Waals surface area contributed by atoms with Gasteiger partial charge < -0.3 is 14.8 Å². The molecule has 8 nitrogen and oxygen atoms in total. The third-order valence-corrected chi connectivity index (χ3v) is 2.91. The molecule has 1 aromatic heterocycles. The minimum Gasteiger partial charge on any atom is -0.465 e. The Labute approximate surface area is 137 Å². The zero-order valence-electron chi connectivity index (χ0n) is 13.1. The summed E-state index contributed by atoms with van der Waals surface area (Å²) in [5, 5.41) is 2.54. The predicted molar refractivity (Wildman–Crippen MR) is 83.5 cm³/mol. The Balaban J connectivity index is 1.85. The number of hydrogen-bond acceptors (Lipinski definition) is 7. The summed E-state index contributed by atoms with van der Waals surface area (Å²) in [7, 11) is 1.28. The minimum absolute atomic E-state index is 0.0239. The van der Waals surface area contributed by atoms with Crippen LogP contribution in [0.3, 0.4) is 0 Å². The number of hydrogen-bond donors (Lipinski definition) is 1. The maximum Gasteiger partial charge on any atom is 0.359 e. The molecule has 2 aromatic rings. The number of ether oxygens (including phenoxy) is 2. The van der Waals surface area contributed by atoms with E-state index in [2.05, 4.69) is 20.0 Å². The smallest absolute Gasteiger partial charge is 0.359 e. The Morgan fingerprint density at radius 2 is 1.75 bits per heavy atom. The van der Waals surface area contributed by atoms with Crippen LogP contribution in [0, 0.1) is 6.92 Å². The maximum absolute atomic E-state index is 11.8. The molecule has 0 fully saturated rings. The Morgan fingerprint density at radius 1 is 1.04 bits per heavy atom. The van der Waals surface area contributed by atoms with Crippen LogP contribution in [-0.4, -0.2) is 41.5 Å². The predicted octanol–water partition coefficient (Wildman–Crippen LogP) is 1.37. The van der Waals surface area contributed by atoms with Crippen LogP contribution in [0.1, 0.15) is 26.5 Å². The van der Waals surface area contributed by atoms with Crippen molar-refractivity contribution in [1.82, 2.24) is 9.97 Å². The molecule has 0 aliphatic rings. The van der Waals surface area contributed by atoms with Gasteiger partial charge >= 0.3 is 11.9 Å². The summed E-state index contributed by atoms with van der Waals surface area (Å²) in [5.74, 6) is -1.73. The number of anilines is 1. The van der Waals surface area contributed by atoms with Crippen molar-refractivity contribution in [1.29, 1.82) is 0 Å². The first-order valence-electron chi connectivity index (χ1n) is 6.93. The molecule has 1 amide bonds. The van der Waals surface area contributed by atoms with Crippen LogP contribution in [0.2, 0.25) is 0 Å². The van der Waals surface area contributed by atoms with E-state index in [1.807, 2.05) is 0 Å². The average molecular weight is 329 g/mol. The molecule has 124 valence electrons. The summed E-state index contributed by atoms with van der Waals surface area (Å²) in [4.78, 5) is 42.6. The minimum atomic E-state index is -0.737. The zero-order chi connectivity index (χ0) is 17.5. The molecule has 0 aliphatic carbocycles. The summed E-state index contributed by atoms with van der Waals surface area (Å²) in [6.07, 6.45) is 2.71. The number of amides is 1. The van der Waals surface area contributed by atoms with Gasteiger partial charge in [0.25, 0.3) is 5.91 Å². The quantitative estimate of drug-likeness (QED) is 0.825. The fraction of sp³-hybridized carbons (Fsp3) is 0.188. The second kappa shape index (κ2) is 7.82. The first kappa shape index (κ1) is 17.1. The summed E-state index contributed by atoms with van der Waals surface area (Å²) in [6.45, 7) is 1.27. The van der Waals surface area contributed by atoms with Crippen molar-refractivity contribution in [3.8, 4) is 0 Å². The van der Waals surface area contributed by atoms with Crippen molar-refractivity contribution < 1.29 is 23.9 Å². The van der Waals surface area contributed by atoms with E-state index in [-0.39, 0.29) is 5.69 Å². The Bertz CT molecular complexity index is 741. The number of nitrogens with zero attached hydrogens (tertiary/aromatic N) is 2. The maximum atomic E-state index is 11.8. The first-order chi connectivity index (χ1) is 11.5. The van der Waals surface area contributed by atoms with E-state index >= 15 is 0 Å². The fourth-order valence-electron chi connectivity index (χ4n) is 1.71. The van der Waals surface area contributed by atoms with E-state index in [1.54, 1.807) is 6.92 Å². The molecule has 24 heavy (non-hydrogen) atoms. The normalized spacial score (nSPS) is 9.92. The highest BCUT2D eigenvalue weighted by Crippen LogP contribution is 2.10. The third-order valence-electron chi connectivity index (χ3n) is 2.91. The highest BCUT2D eigenvalue weighted by atomic mass is 16.5. The Kier molecular flexibility index (Phi) is 5.56. The van der Waals surface area contributed by atoms with E-state index in [4.69, 9.17) is 4.74 Å². The number of nitrogens with one attached hydrogen (secondary N) is 1. The van der Waals surface area contributed by atoms with Gasteiger partial charge in [-0.25, -0.2) is 14.6 Å². The molecule has 2 rings (SSSR count).